The first-order valence-electron chi connectivity index (χ1n) is 8.99. The van der Waals surface area contributed by atoms with Crippen LogP contribution in [0.1, 0.15) is 32.3 Å². The summed E-state index contributed by atoms with van der Waals surface area (Å²) in [5.41, 5.74) is 3.86. The molecule has 2 rings (SSSR count). The van der Waals surface area contributed by atoms with Gasteiger partial charge in [0.25, 0.3) is 0 Å². The van der Waals surface area contributed by atoms with E-state index in [-0.39, 0.29) is 30.8 Å². The van der Waals surface area contributed by atoms with Crippen molar-refractivity contribution < 1.29 is 19.1 Å². The van der Waals surface area contributed by atoms with Gasteiger partial charge in [0.1, 0.15) is 0 Å². The number of anilines is 1. The van der Waals surface area contributed by atoms with Crippen LogP contribution in [0.15, 0.2) is 53.6 Å². The summed E-state index contributed by atoms with van der Waals surface area (Å²) >= 11 is 0. The highest BCUT2D eigenvalue weighted by atomic mass is 16.5. The number of amides is 2. The number of hydrogen-bond acceptors (Lipinski definition) is 5. The molecule has 0 aromatic heterocycles. The van der Waals surface area contributed by atoms with Crippen LogP contribution in [0.25, 0.3) is 0 Å². The number of benzene rings is 2. The van der Waals surface area contributed by atoms with E-state index in [2.05, 4.69) is 15.8 Å². The van der Waals surface area contributed by atoms with Crippen LogP contribution in [-0.2, 0) is 9.59 Å². The van der Waals surface area contributed by atoms with Crippen LogP contribution < -0.4 is 20.2 Å². The summed E-state index contributed by atoms with van der Waals surface area (Å²) < 4.78 is 11.0. The highest BCUT2D eigenvalue weighted by Crippen LogP contribution is 2.28. The molecule has 7 heteroatoms. The molecule has 7 nitrogen and oxygen atoms in total. The van der Waals surface area contributed by atoms with Gasteiger partial charge in [-0.15, -0.1) is 0 Å². The van der Waals surface area contributed by atoms with E-state index in [0.717, 1.165) is 5.56 Å². The predicted molar refractivity (Wildman–Crippen MR) is 109 cm³/mol. The highest BCUT2D eigenvalue weighted by Gasteiger charge is 2.08. The van der Waals surface area contributed by atoms with E-state index in [0.29, 0.717) is 17.2 Å². The SMILES string of the molecule is COc1cc(/C=N/NC(=O)CCC(=O)Nc2ccccc2)ccc1OC(C)C. The molecule has 0 fully saturated rings. The maximum Gasteiger partial charge on any atom is 0.240 e. The molecule has 0 radical (unpaired) electrons. The lowest BCUT2D eigenvalue weighted by Crippen LogP contribution is -2.20. The Bertz CT molecular complexity index is 820. The van der Waals surface area contributed by atoms with Gasteiger partial charge >= 0.3 is 0 Å². The second kappa shape index (κ2) is 10.7. The molecule has 2 amide bonds. The van der Waals surface area contributed by atoms with Crippen molar-refractivity contribution in [3.05, 3.63) is 54.1 Å². The van der Waals surface area contributed by atoms with Gasteiger partial charge in [0.05, 0.1) is 19.4 Å². The Hall–Kier alpha value is -3.35. The van der Waals surface area contributed by atoms with Gasteiger partial charge in [0.15, 0.2) is 11.5 Å². The number of methoxy groups -OCH3 is 1. The van der Waals surface area contributed by atoms with Gasteiger partial charge in [-0.05, 0) is 49.7 Å². The average molecular weight is 383 g/mol. The molecular weight excluding hydrogens is 358 g/mol. The lowest BCUT2D eigenvalue weighted by Gasteiger charge is -2.13. The molecule has 0 unspecified atom stereocenters. The van der Waals surface area contributed by atoms with E-state index in [1.807, 2.05) is 38.1 Å². The van der Waals surface area contributed by atoms with E-state index in [1.54, 1.807) is 31.4 Å². The van der Waals surface area contributed by atoms with Gasteiger partial charge in [-0.2, -0.15) is 5.10 Å². The molecule has 2 aromatic carbocycles. The number of rotatable bonds is 9. The lowest BCUT2D eigenvalue weighted by molar-refractivity contribution is -0.124. The molecule has 2 N–H and O–H groups in total. The van der Waals surface area contributed by atoms with Crippen molar-refractivity contribution in [2.24, 2.45) is 5.10 Å². The number of hydrazone groups is 1. The maximum atomic E-state index is 11.8. The molecule has 0 aliphatic carbocycles. The van der Waals surface area contributed by atoms with Crippen molar-refractivity contribution >= 4 is 23.7 Å². The Morgan fingerprint density at radius 1 is 1.04 bits per heavy atom. The molecule has 0 spiro atoms. The molecule has 0 aliphatic heterocycles. The summed E-state index contributed by atoms with van der Waals surface area (Å²) in [5.74, 6) is 0.659. The smallest absolute Gasteiger partial charge is 0.240 e. The minimum atomic E-state index is -0.341. The quantitative estimate of drug-likeness (QED) is 0.513. The zero-order valence-electron chi connectivity index (χ0n) is 16.3. The van der Waals surface area contributed by atoms with E-state index in [9.17, 15) is 9.59 Å². The van der Waals surface area contributed by atoms with Crippen molar-refractivity contribution in [2.75, 3.05) is 12.4 Å². The largest absolute Gasteiger partial charge is 0.493 e. The normalized spacial score (nSPS) is 10.7. The van der Waals surface area contributed by atoms with Crippen molar-refractivity contribution in [1.29, 1.82) is 0 Å². The Labute approximate surface area is 164 Å². The Balaban J connectivity index is 1.80. The van der Waals surface area contributed by atoms with Crippen molar-refractivity contribution in [1.82, 2.24) is 5.43 Å². The fourth-order valence-corrected chi connectivity index (χ4v) is 2.32. The minimum Gasteiger partial charge on any atom is -0.493 e. The summed E-state index contributed by atoms with van der Waals surface area (Å²) in [7, 11) is 1.56. The van der Waals surface area contributed by atoms with Crippen LogP contribution in [0.4, 0.5) is 5.69 Å². The number of nitrogens with one attached hydrogen (secondary N) is 2. The topological polar surface area (TPSA) is 89.0 Å². The summed E-state index contributed by atoms with van der Waals surface area (Å²) in [6, 6.07) is 14.4. The monoisotopic (exact) mass is 383 g/mol. The molecule has 0 saturated carbocycles. The molecule has 148 valence electrons. The summed E-state index contributed by atoms with van der Waals surface area (Å²) in [4.78, 5) is 23.7. The van der Waals surface area contributed by atoms with Crippen LogP contribution in [0.2, 0.25) is 0 Å². The Morgan fingerprint density at radius 2 is 1.75 bits per heavy atom. The van der Waals surface area contributed by atoms with Crippen LogP contribution in [-0.4, -0.2) is 31.2 Å². The first-order chi connectivity index (χ1) is 13.5. The van der Waals surface area contributed by atoms with Crippen LogP contribution in [0.3, 0.4) is 0 Å². The molecule has 0 heterocycles. The first kappa shape index (κ1) is 21.0. The minimum absolute atomic E-state index is 0.0341. The van der Waals surface area contributed by atoms with Gasteiger partial charge in [-0.1, -0.05) is 18.2 Å². The second-order valence-corrected chi connectivity index (χ2v) is 6.28. The number of para-hydroxylation sites is 1. The third kappa shape index (κ3) is 7.11. The van der Waals surface area contributed by atoms with Gasteiger partial charge in [0.2, 0.25) is 11.8 Å². The fraction of sp³-hybridized carbons (Fsp3) is 0.286. The van der Waals surface area contributed by atoms with Crippen LogP contribution >= 0.6 is 0 Å². The van der Waals surface area contributed by atoms with Crippen LogP contribution in [0.5, 0.6) is 11.5 Å². The van der Waals surface area contributed by atoms with Crippen LogP contribution in [0, 0.1) is 0 Å². The second-order valence-electron chi connectivity index (χ2n) is 6.28. The molecule has 2 aromatic rings. The molecule has 0 aliphatic rings. The number of carbonyl (C=O) groups excluding carboxylic acids is 2. The lowest BCUT2D eigenvalue weighted by atomic mass is 10.2. The van der Waals surface area contributed by atoms with E-state index >= 15 is 0 Å². The number of hydrogen-bond donors (Lipinski definition) is 2. The number of ether oxygens (including phenoxy) is 2. The summed E-state index contributed by atoms with van der Waals surface area (Å²) in [6.07, 6.45) is 1.65. The van der Waals surface area contributed by atoms with E-state index < -0.39 is 0 Å². The predicted octanol–water partition coefficient (Wildman–Crippen LogP) is 3.35. The van der Waals surface area contributed by atoms with Gasteiger partial charge in [-0.3, -0.25) is 9.59 Å². The Morgan fingerprint density at radius 3 is 2.43 bits per heavy atom. The zero-order valence-corrected chi connectivity index (χ0v) is 16.3. The van der Waals surface area contributed by atoms with Crippen molar-refractivity contribution in [3.8, 4) is 11.5 Å². The summed E-state index contributed by atoms with van der Waals surface area (Å²) in [6.45, 7) is 3.87. The third-order valence-electron chi connectivity index (χ3n) is 3.59. The standard InChI is InChI=1S/C21H25N3O4/c1-15(2)28-18-10-9-16(13-19(18)27-3)14-22-24-21(26)12-11-20(25)23-17-7-5-4-6-8-17/h4-10,13-15H,11-12H2,1-3H3,(H,23,25)(H,24,26)/b22-14+. The van der Waals surface area contributed by atoms with E-state index in [1.165, 1.54) is 6.21 Å². The van der Waals surface area contributed by atoms with Gasteiger partial charge in [-0.25, -0.2) is 5.43 Å². The molecule has 0 saturated heterocycles. The third-order valence-corrected chi connectivity index (χ3v) is 3.59. The molecule has 28 heavy (non-hydrogen) atoms. The fourth-order valence-electron chi connectivity index (χ4n) is 2.32. The first-order valence-corrected chi connectivity index (χ1v) is 8.99. The number of carbonyl (C=O) groups is 2. The average Bonchev–Trinajstić information content (AvgIpc) is 2.68. The molecular formula is C21H25N3O4. The molecule has 0 bridgehead atoms. The number of nitrogens with zero attached hydrogens (tertiary/aromatic N) is 1. The van der Waals surface area contributed by atoms with Gasteiger partial charge in [0, 0.05) is 18.5 Å². The Kier molecular flexibility index (Phi) is 8.02. The zero-order chi connectivity index (χ0) is 20.4. The van der Waals surface area contributed by atoms with Crippen molar-refractivity contribution in [3.63, 3.8) is 0 Å². The van der Waals surface area contributed by atoms with E-state index in [4.69, 9.17) is 9.47 Å². The maximum absolute atomic E-state index is 11.8. The van der Waals surface area contributed by atoms with Gasteiger partial charge < -0.3 is 14.8 Å². The van der Waals surface area contributed by atoms with Crippen molar-refractivity contribution in [2.45, 2.75) is 32.8 Å². The molecule has 0 atom stereocenters. The highest BCUT2D eigenvalue weighted by molar-refractivity contribution is 5.93. The summed E-state index contributed by atoms with van der Waals surface area (Å²) in [5, 5.41) is 6.64.